The molecule has 0 radical (unpaired) electrons. The Morgan fingerprint density at radius 3 is 1.82 bits per heavy atom. The van der Waals surface area contributed by atoms with Gasteiger partial charge in [-0.25, -0.2) is 4.79 Å². The summed E-state index contributed by atoms with van der Waals surface area (Å²) in [6, 6.07) is 2.81. The minimum absolute atomic E-state index is 0.473. The molecule has 0 saturated carbocycles. The molecule has 13 heteroatoms. The van der Waals surface area contributed by atoms with Crippen LogP contribution >= 0.6 is 0 Å². The first-order chi connectivity index (χ1) is 17.2. The maximum absolute atomic E-state index is 13.1. The molecule has 0 aromatic heterocycles. The van der Waals surface area contributed by atoms with E-state index in [1.807, 2.05) is 0 Å². The van der Waals surface area contributed by atoms with E-state index >= 15 is 0 Å². The molecule has 2 rings (SSSR count). The van der Waals surface area contributed by atoms with Gasteiger partial charge in [-0.1, -0.05) is 0 Å². The summed E-state index contributed by atoms with van der Waals surface area (Å²) < 4.78 is 16.3. The van der Waals surface area contributed by atoms with Crippen molar-refractivity contribution in [2.75, 3.05) is 6.61 Å². The number of phenols is 1. The fraction of sp³-hybridized carbons (Fsp3) is 0.560. The van der Waals surface area contributed by atoms with Gasteiger partial charge in [-0.2, -0.15) is 0 Å². The number of carbonyl (C=O) groups is 5. The van der Waals surface area contributed by atoms with Crippen LogP contribution < -0.4 is 4.74 Å². The van der Waals surface area contributed by atoms with Gasteiger partial charge in [-0.15, -0.1) is 0 Å². The molecule has 1 heterocycles. The van der Waals surface area contributed by atoms with Crippen molar-refractivity contribution in [3.63, 3.8) is 0 Å². The molecule has 5 atom stereocenters. The van der Waals surface area contributed by atoms with Gasteiger partial charge in [-0.05, 0) is 59.7 Å². The molecule has 13 nitrogen and oxygen atoms in total. The van der Waals surface area contributed by atoms with Gasteiger partial charge >= 0.3 is 11.8 Å². The number of aromatic hydroxyl groups is 1. The van der Waals surface area contributed by atoms with E-state index in [0.29, 0.717) is 20.8 Å². The molecule has 5 N–H and O–H groups in total. The molecule has 0 spiro atoms. The third kappa shape index (κ3) is 4.29. The topological polar surface area (TPSA) is 214 Å². The Morgan fingerprint density at radius 2 is 1.42 bits per heavy atom. The lowest BCUT2D eigenvalue weighted by molar-refractivity contribution is -0.382. The van der Waals surface area contributed by atoms with E-state index in [4.69, 9.17) is 14.2 Å². The molecule has 0 amide bonds. The first-order valence-electron chi connectivity index (χ1n) is 11.4. The zero-order valence-electron chi connectivity index (χ0n) is 22.0. The summed E-state index contributed by atoms with van der Waals surface area (Å²) in [4.78, 5) is 64.0. The third-order valence-electron chi connectivity index (χ3n) is 6.36. The standard InChI is InChI=1S/C25H32O13/c1-12(27)22(33)19(11-26)37-25(15(4)30,24(35,14(3)29)23(22,34)13(2)28)36-16-8-9-18(31)17(10-16)20(32)38-21(5,6)7/h8-10,19,26,31,33-35H,11H2,1-7H3/t19-,22-,23+,24-,25-/m1/s1. The average molecular weight is 541 g/mol. The largest absolute Gasteiger partial charge is 0.507 e. The maximum Gasteiger partial charge on any atom is 0.342 e. The van der Waals surface area contributed by atoms with Crippen molar-refractivity contribution < 1.29 is 63.7 Å². The highest BCUT2D eigenvalue weighted by Crippen LogP contribution is 2.52. The van der Waals surface area contributed by atoms with Crippen molar-refractivity contribution in [3.8, 4) is 11.5 Å². The Balaban J connectivity index is 2.91. The lowest BCUT2D eigenvalue weighted by Crippen LogP contribution is -2.91. The van der Waals surface area contributed by atoms with Crippen molar-refractivity contribution in [2.45, 2.75) is 82.8 Å². The van der Waals surface area contributed by atoms with Crippen molar-refractivity contribution in [3.05, 3.63) is 23.8 Å². The fourth-order valence-corrected chi connectivity index (χ4v) is 4.53. The minimum atomic E-state index is -3.78. The van der Waals surface area contributed by atoms with Crippen LogP contribution in [-0.4, -0.2) is 95.5 Å². The summed E-state index contributed by atoms with van der Waals surface area (Å²) >= 11 is 0. The van der Waals surface area contributed by atoms with Crippen molar-refractivity contribution >= 4 is 29.1 Å². The van der Waals surface area contributed by atoms with E-state index in [2.05, 4.69) is 0 Å². The molecular formula is C25H32O13. The quantitative estimate of drug-likeness (QED) is 0.260. The number of phenolic OH excluding ortho intramolecular Hbond substituents is 1. The fourth-order valence-electron chi connectivity index (χ4n) is 4.53. The van der Waals surface area contributed by atoms with E-state index < -0.39 is 87.1 Å². The van der Waals surface area contributed by atoms with Crippen LogP contribution in [0.1, 0.15) is 58.8 Å². The number of ketones is 4. The molecule has 1 aromatic carbocycles. The Hall–Kier alpha value is -3.23. The Morgan fingerprint density at radius 1 is 0.895 bits per heavy atom. The number of esters is 1. The first-order valence-corrected chi connectivity index (χ1v) is 11.4. The van der Waals surface area contributed by atoms with Crippen LogP contribution in [-0.2, 0) is 28.7 Å². The van der Waals surface area contributed by atoms with Crippen LogP contribution in [0.15, 0.2) is 18.2 Å². The summed E-state index contributed by atoms with van der Waals surface area (Å²) in [6.45, 7) is 6.11. The SMILES string of the molecule is CC(=O)[C@@]1(Oc2ccc(O)c(C(=O)OC(C)(C)C)c2)O[C@H](CO)[C@](O)(C(C)=O)[C@@](O)(C(C)=O)[C@]1(O)C(C)=O. The number of carbonyl (C=O) groups excluding carboxylic acids is 5. The molecule has 38 heavy (non-hydrogen) atoms. The van der Waals surface area contributed by atoms with Crippen LogP contribution in [0.5, 0.6) is 11.5 Å². The van der Waals surface area contributed by atoms with E-state index in [1.54, 1.807) is 20.8 Å². The predicted molar refractivity (Wildman–Crippen MR) is 126 cm³/mol. The first kappa shape index (κ1) is 31.0. The number of hydrogen-bond donors (Lipinski definition) is 5. The van der Waals surface area contributed by atoms with Gasteiger partial charge in [0.2, 0.25) is 17.0 Å². The smallest absolute Gasteiger partial charge is 0.342 e. The highest BCUT2D eigenvalue weighted by molar-refractivity contribution is 6.09. The van der Waals surface area contributed by atoms with Crippen molar-refractivity contribution in [1.82, 2.24) is 0 Å². The summed E-state index contributed by atoms with van der Waals surface area (Å²) in [6.07, 6.45) is -2.28. The van der Waals surface area contributed by atoms with Gasteiger partial charge in [-0.3, -0.25) is 19.2 Å². The van der Waals surface area contributed by atoms with E-state index in [1.165, 1.54) is 0 Å². The summed E-state index contributed by atoms with van der Waals surface area (Å²) in [5.74, 6) is -11.3. The van der Waals surface area contributed by atoms with Crippen LogP contribution in [0.4, 0.5) is 0 Å². The number of rotatable bonds is 8. The second-order valence-electron chi connectivity index (χ2n) is 10.1. The maximum atomic E-state index is 13.1. The predicted octanol–water partition coefficient (Wildman–Crippen LogP) is -0.637. The Bertz CT molecular complexity index is 1180. The minimum Gasteiger partial charge on any atom is -0.507 e. The lowest BCUT2D eigenvalue weighted by atomic mass is 9.57. The van der Waals surface area contributed by atoms with Gasteiger partial charge in [0, 0.05) is 6.92 Å². The second kappa shape index (κ2) is 9.82. The van der Waals surface area contributed by atoms with Crippen LogP contribution in [0.3, 0.4) is 0 Å². The van der Waals surface area contributed by atoms with Crippen LogP contribution in [0.2, 0.25) is 0 Å². The zero-order valence-corrected chi connectivity index (χ0v) is 22.0. The van der Waals surface area contributed by atoms with E-state index in [0.717, 1.165) is 25.1 Å². The van der Waals surface area contributed by atoms with Crippen molar-refractivity contribution in [1.29, 1.82) is 0 Å². The number of ether oxygens (including phenoxy) is 3. The highest BCUT2D eigenvalue weighted by atomic mass is 16.7. The van der Waals surface area contributed by atoms with Crippen molar-refractivity contribution in [2.24, 2.45) is 0 Å². The number of aliphatic hydroxyl groups is 4. The molecule has 0 unspecified atom stereocenters. The monoisotopic (exact) mass is 540 g/mol. The van der Waals surface area contributed by atoms with Gasteiger partial charge in [0.1, 0.15) is 28.8 Å². The average Bonchev–Trinajstić information content (AvgIpc) is 2.78. The van der Waals surface area contributed by atoms with Gasteiger partial charge in [0.15, 0.2) is 23.0 Å². The molecule has 1 aliphatic heterocycles. The zero-order chi connectivity index (χ0) is 29.6. The second-order valence-corrected chi connectivity index (χ2v) is 10.1. The lowest BCUT2D eigenvalue weighted by Gasteiger charge is -2.60. The third-order valence-corrected chi connectivity index (χ3v) is 6.36. The molecule has 1 fully saturated rings. The molecule has 1 saturated heterocycles. The molecule has 1 aromatic rings. The normalized spacial score (nSPS) is 31.3. The number of aliphatic hydroxyl groups excluding tert-OH is 1. The number of hydrogen-bond acceptors (Lipinski definition) is 13. The Kier molecular flexibility index (Phi) is 8.01. The van der Waals surface area contributed by atoms with Crippen LogP contribution in [0, 0.1) is 0 Å². The number of Topliss-reactive ketones (excluding diaryl/α,β-unsaturated/α-hetero) is 4. The van der Waals surface area contributed by atoms with Gasteiger partial charge < -0.3 is 39.7 Å². The molecule has 0 bridgehead atoms. The summed E-state index contributed by atoms with van der Waals surface area (Å²) in [5.41, 5.74) is -12.4. The van der Waals surface area contributed by atoms with Gasteiger partial charge in [0.25, 0.3) is 0 Å². The van der Waals surface area contributed by atoms with E-state index in [9.17, 15) is 49.5 Å². The molecule has 1 aliphatic rings. The molecular weight excluding hydrogens is 508 g/mol. The van der Waals surface area contributed by atoms with E-state index in [-0.39, 0.29) is 0 Å². The summed E-state index contributed by atoms with van der Waals surface area (Å²) in [5, 5.41) is 54.7. The molecule has 0 aliphatic carbocycles. The number of benzene rings is 1. The summed E-state index contributed by atoms with van der Waals surface area (Å²) in [7, 11) is 0. The van der Waals surface area contributed by atoms with Crippen LogP contribution in [0.25, 0.3) is 0 Å². The van der Waals surface area contributed by atoms with Gasteiger partial charge in [0.05, 0.1) is 6.61 Å². The Labute approximate surface area is 217 Å². The molecule has 210 valence electrons. The highest BCUT2D eigenvalue weighted by Gasteiger charge is 2.85.